The average Bonchev–Trinajstić information content (AvgIpc) is 3.38. The van der Waals surface area contributed by atoms with Gasteiger partial charge in [-0.1, -0.05) is 48.9 Å². The fourth-order valence-electron chi connectivity index (χ4n) is 3.79. The topological polar surface area (TPSA) is 104 Å². The summed E-state index contributed by atoms with van der Waals surface area (Å²) in [6, 6.07) is 11.3. The number of hydrogen-bond acceptors (Lipinski definition) is 8. The van der Waals surface area contributed by atoms with Gasteiger partial charge in [-0.25, -0.2) is 18.4 Å². The van der Waals surface area contributed by atoms with E-state index in [0.29, 0.717) is 13.2 Å². The summed E-state index contributed by atoms with van der Waals surface area (Å²) < 4.78 is 57.9. The molecule has 2 heterocycles. The summed E-state index contributed by atoms with van der Waals surface area (Å²) in [7, 11) is 0. The standard InChI is InChI=1S/C25H27F2N3O3S.O2S/c1-17-3-5-19(6-4-17)7-10-24-32-12-21(13-33-24)34-18(2)25(31,14-30-16-28-15-29-30)22-9-8-20(26)11-23(22)27;1-3-2/h3-11,15-16,18,21,24,31H,12-14H2,1-2H3;/b10-7+;. The second-order valence-corrected chi connectivity index (χ2v) is 10.2. The van der Waals surface area contributed by atoms with Gasteiger partial charge in [0.2, 0.25) is 0 Å². The predicted octanol–water partition coefficient (Wildman–Crippen LogP) is 3.66. The molecule has 8 nitrogen and oxygen atoms in total. The normalized spacial score (nSPS) is 20.0. The van der Waals surface area contributed by atoms with E-state index < -0.39 is 40.3 Å². The maximum atomic E-state index is 14.7. The zero-order valence-corrected chi connectivity index (χ0v) is 21.8. The Morgan fingerprint density at radius 3 is 2.46 bits per heavy atom. The fourth-order valence-corrected chi connectivity index (χ4v) is 5.11. The van der Waals surface area contributed by atoms with Gasteiger partial charge in [-0.3, -0.25) is 0 Å². The number of benzene rings is 2. The molecule has 1 aromatic heterocycles. The summed E-state index contributed by atoms with van der Waals surface area (Å²) >= 11 is 0.679. The maximum Gasteiger partial charge on any atom is 0.335 e. The molecule has 3 aromatic rings. The molecule has 37 heavy (non-hydrogen) atoms. The van der Waals surface area contributed by atoms with Crippen molar-refractivity contribution in [2.45, 2.75) is 42.8 Å². The zero-order valence-electron chi connectivity index (χ0n) is 20.2. The van der Waals surface area contributed by atoms with Crippen LogP contribution in [0, 0.1) is 18.6 Å². The van der Waals surface area contributed by atoms with Crippen molar-refractivity contribution < 1.29 is 31.8 Å². The second kappa shape index (κ2) is 13.7. The number of thioether (sulfide) groups is 1. The van der Waals surface area contributed by atoms with E-state index in [1.54, 1.807) is 6.92 Å². The summed E-state index contributed by atoms with van der Waals surface area (Å²) in [4.78, 5) is 3.90. The molecule has 198 valence electrons. The van der Waals surface area contributed by atoms with E-state index >= 15 is 0 Å². The lowest BCUT2D eigenvalue weighted by Crippen LogP contribution is -2.43. The number of aliphatic hydroxyl groups is 1. The van der Waals surface area contributed by atoms with Crippen molar-refractivity contribution in [3.63, 3.8) is 0 Å². The summed E-state index contributed by atoms with van der Waals surface area (Å²) in [5.74, 6) is -1.52. The lowest BCUT2D eigenvalue weighted by atomic mass is 9.90. The molecule has 1 N–H and O–H groups in total. The molecule has 12 heteroatoms. The Hall–Kier alpha value is -2.77. The van der Waals surface area contributed by atoms with Crippen LogP contribution in [0.5, 0.6) is 0 Å². The van der Waals surface area contributed by atoms with Gasteiger partial charge in [0.15, 0.2) is 6.29 Å². The van der Waals surface area contributed by atoms with E-state index in [9.17, 15) is 13.9 Å². The molecule has 4 rings (SSSR count). The number of ether oxygens (including phenoxy) is 2. The molecular weight excluding hydrogens is 524 g/mol. The quantitative estimate of drug-likeness (QED) is 0.453. The van der Waals surface area contributed by atoms with Crippen LogP contribution in [0.1, 0.15) is 23.6 Å². The second-order valence-electron chi connectivity index (χ2n) is 8.41. The number of nitrogens with zero attached hydrogens (tertiary/aromatic N) is 3. The molecular formula is C25H27F2N3O5S2. The predicted molar refractivity (Wildman–Crippen MR) is 136 cm³/mol. The Morgan fingerprint density at radius 1 is 1.19 bits per heavy atom. The minimum atomic E-state index is -1.67. The summed E-state index contributed by atoms with van der Waals surface area (Å²) in [5, 5.41) is 15.1. The molecule has 2 atom stereocenters. The lowest BCUT2D eigenvalue weighted by Gasteiger charge is -2.37. The van der Waals surface area contributed by atoms with Crippen LogP contribution in [0.15, 0.2) is 61.2 Å². The first kappa shape index (κ1) is 28.8. The van der Waals surface area contributed by atoms with Crippen LogP contribution in [0.2, 0.25) is 0 Å². The van der Waals surface area contributed by atoms with Gasteiger partial charge in [0.25, 0.3) is 0 Å². The van der Waals surface area contributed by atoms with Crippen LogP contribution in [-0.4, -0.2) is 58.3 Å². The number of hydrogen-bond donors (Lipinski definition) is 1. The largest absolute Gasteiger partial charge is 0.382 e. The molecule has 0 aliphatic carbocycles. The molecule has 1 saturated heterocycles. The van der Waals surface area contributed by atoms with E-state index in [1.807, 2.05) is 43.3 Å². The van der Waals surface area contributed by atoms with Crippen LogP contribution < -0.4 is 0 Å². The van der Waals surface area contributed by atoms with Crippen molar-refractivity contribution in [2.75, 3.05) is 13.2 Å². The van der Waals surface area contributed by atoms with Crippen molar-refractivity contribution in [2.24, 2.45) is 0 Å². The first-order valence-corrected chi connectivity index (χ1v) is 12.9. The first-order chi connectivity index (χ1) is 17.7. The third-order valence-corrected chi connectivity index (χ3v) is 7.21. The van der Waals surface area contributed by atoms with Gasteiger partial charge in [-0.05, 0) is 24.6 Å². The van der Waals surface area contributed by atoms with Crippen molar-refractivity contribution in [1.82, 2.24) is 14.8 Å². The number of halogens is 2. The lowest BCUT2D eigenvalue weighted by molar-refractivity contribution is -0.146. The number of rotatable bonds is 8. The summed E-state index contributed by atoms with van der Waals surface area (Å²) in [6.45, 7) is 4.61. The van der Waals surface area contributed by atoms with Gasteiger partial charge in [-0.15, -0.1) is 11.8 Å². The van der Waals surface area contributed by atoms with E-state index in [1.165, 1.54) is 40.7 Å². The molecule has 0 amide bonds. The average molecular weight is 552 g/mol. The van der Waals surface area contributed by atoms with Gasteiger partial charge < -0.3 is 14.6 Å². The Morgan fingerprint density at radius 2 is 1.86 bits per heavy atom. The molecule has 0 saturated carbocycles. The van der Waals surface area contributed by atoms with Crippen molar-refractivity contribution >= 4 is 29.4 Å². The van der Waals surface area contributed by atoms with E-state index in [0.717, 1.165) is 17.7 Å². The first-order valence-electron chi connectivity index (χ1n) is 11.3. The van der Waals surface area contributed by atoms with Crippen LogP contribution in [-0.2, 0) is 33.2 Å². The molecule has 2 unspecified atom stereocenters. The number of aryl methyl sites for hydroxylation is 1. The third-order valence-electron chi connectivity index (χ3n) is 5.75. The summed E-state index contributed by atoms with van der Waals surface area (Å²) in [6.07, 6.45) is 6.14. The van der Waals surface area contributed by atoms with E-state index in [4.69, 9.17) is 17.9 Å². The van der Waals surface area contributed by atoms with Gasteiger partial charge in [0.05, 0.1) is 25.0 Å². The van der Waals surface area contributed by atoms with Gasteiger partial charge in [-0.2, -0.15) is 13.5 Å². The maximum absolute atomic E-state index is 14.7. The minimum Gasteiger partial charge on any atom is -0.382 e. The van der Waals surface area contributed by atoms with E-state index in [2.05, 4.69) is 10.1 Å². The van der Waals surface area contributed by atoms with Crippen LogP contribution in [0.3, 0.4) is 0 Å². The minimum absolute atomic E-state index is 0.000883. The zero-order chi connectivity index (χ0) is 26.8. The molecule has 0 bridgehead atoms. The van der Waals surface area contributed by atoms with E-state index in [-0.39, 0.29) is 17.4 Å². The smallest absolute Gasteiger partial charge is 0.335 e. The molecule has 0 spiro atoms. The highest BCUT2D eigenvalue weighted by molar-refractivity contribution is 8.00. The monoisotopic (exact) mass is 551 g/mol. The van der Waals surface area contributed by atoms with Gasteiger partial charge in [0, 0.05) is 16.9 Å². The van der Waals surface area contributed by atoms with Crippen molar-refractivity contribution in [3.05, 3.63) is 89.5 Å². The molecule has 1 aliphatic rings. The Kier molecular flexibility index (Phi) is 10.6. The van der Waals surface area contributed by atoms with Crippen molar-refractivity contribution in [3.8, 4) is 0 Å². The summed E-state index contributed by atoms with van der Waals surface area (Å²) in [5.41, 5.74) is 0.585. The SMILES string of the molecule is Cc1ccc(/C=C/C2OCC(SC(C)C(O)(Cn3cncn3)c3ccc(F)cc3F)CO2)cc1.O=S=O. The number of aromatic nitrogens is 3. The van der Waals surface area contributed by atoms with Crippen molar-refractivity contribution in [1.29, 1.82) is 0 Å². The highest BCUT2D eigenvalue weighted by Crippen LogP contribution is 2.38. The van der Waals surface area contributed by atoms with Gasteiger partial charge >= 0.3 is 11.6 Å². The highest BCUT2D eigenvalue weighted by atomic mass is 32.2. The highest BCUT2D eigenvalue weighted by Gasteiger charge is 2.41. The third kappa shape index (κ3) is 8.11. The Labute approximate surface area is 221 Å². The van der Waals surface area contributed by atoms with Crippen LogP contribution in [0.25, 0.3) is 6.08 Å². The molecule has 2 aromatic carbocycles. The van der Waals surface area contributed by atoms with Gasteiger partial charge in [0.1, 0.15) is 29.9 Å². The molecule has 0 radical (unpaired) electrons. The molecule has 1 fully saturated rings. The van der Waals surface area contributed by atoms with Crippen LogP contribution in [0.4, 0.5) is 8.78 Å². The Bertz CT molecular complexity index is 1200. The fraction of sp³-hybridized carbons (Fsp3) is 0.360. The molecule has 1 aliphatic heterocycles. The van der Waals surface area contributed by atoms with Crippen LogP contribution >= 0.6 is 11.8 Å². The Balaban J connectivity index is 0.00000121.